The monoisotopic (exact) mass is 1100 g/mol. The molecule has 11 aromatic carbocycles. The molecule has 0 spiro atoms. The molecule has 4 nitrogen and oxygen atoms in total. The maximum absolute atomic E-state index is 5.29. The van der Waals surface area contributed by atoms with Crippen LogP contribution in [0.2, 0.25) is 0 Å². The zero-order valence-corrected chi connectivity index (χ0v) is 47.1. The van der Waals surface area contributed by atoms with Crippen molar-refractivity contribution in [2.75, 3.05) is 0 Å². The number of aromatic nitrogens is 4. The first kappa shape index (κ1) is 51.4. The van der Waals surface area contributed by atoms with Gasteiger partial charge in [0.05, 0.1) is 22.4 Å². The summed E-state index contributed by atoms with van der Waals surface area (Å²) in [5.74, 6) is 0. The molecule has 0 amide bonds. The van der Waals surface area contributed by atoms with Crippen LogP contribution in [0.4, 0.5) is 0 Å². The first-order valence-corrected chi connectivity index (χ1v) is 29.3. The van der Waals surface area contributed by atoms with Crippen molar-refractivity contribution in [2.24, 2.45) is 0 Å². The number of benzene rings is 11. The molecule has 15 aromatic rings. The van der Waals surface area contributed by atoms with E-state index in [2.05, 4.69) is 349 Å². The Morgan fingerprint density at radius 1 is 0.186 bits per heavy atom. The number of pyridine rings is 4. The van der Waals surface area contributed by atoms with Gasteiger partial charge in [0.25, 0.3) is 0 Å². The van der Waals surface area contributed by atoms with Gasteiger partial charge in [0.15, 0.2) is 0 Å². The fraction of sp³-hybridized carbons (Fsp3) is 0. The van der Waals surface area contributed by atoms with Crippen molar-refractivity contribution in [1.29, 1.82) is 0 Å². The van der Waals surface area contributed by atoms with Crippen molar-refractivity contribution in [1.82, 2.24) is 9.97 Å². The Morgan fingerprint density at radius 2 is 0.442 bits per heavy atom. The lowest BCUT2D eigenvalue weighted by atomic mass is 9.94. The predicted octanol–water partition coefficient (Wildman–Crippen LogP) is 20.0. The standard InChI is InChI=1S/C82H56N4/c1-9-25-59(26-10-1)71-55-77(61-29-13-3-14-30-61)83-75-47-45-69(53-73(71)75)85-79(63-33-17-5-18-34-63)49-67(50-80(85)64-35-19-6-20-36-64)57-41-43-58(44-42-57)68-51-81(65-37-21-7-22-38-65)86(82(52-68)66-39-23-8-24-40-66)70-46-48-76-74(54-70)72(60-27-11-2-12-28-60)56-78(84-76)62-31-15-4-16-32-62/h1-56H/q+2. The van der Waals surface area contributed by atoms with E-state index in [0.29, 0.717) is 0 Å². The van der Waals surface area contributed by atoms with Gasteiger partial charge >= 0.3 is 0 Å². The van der Waals surface area contributed by atoms with Crippen molar-refractivity contribution in [3.8, 4) is 123 Å². The van der Waals surface area contributed by atoms with Crippen LogP contribution >= 0.6 is 0 Å². The quantitative estimate of drug-likeness (QED) is 0.114. The average Bonchev–Trinajstić information content (AvgIpc) is 2.83. The second-order valence-corrected chi connectivity index (χ2v) is 21.7. The van der Waals surface area contributed by atoms with Crippen LogP contribution in [0.25, 0.3) is 145 Å². The Bertz CT molecular complexity index is 4470. The van der Waals surface area contributed by atoms with Crippen LogP contribution in [0.5, 0.6) is 0 Å². The lowest BCUT2D eigenvalue weighted by Crippen LogP contribution is -2.36. The third kappa shape index (κ3) is 10.0. The van der Waals surface area contributed by atoms with Crippen LogP contribution in [0, 0.1) is 0 Å². The van der Waals surface area contributed by atoms with Gasteiger partial charge < -0.3 is 0 Å². The number of nitrogens with zero attached hydrogens (tertiary/aromatic N) is 4. The molecule has 86 heavy (non-hydrogen) atoms. The summed E-state index contributed by atoms with van der Waals surface area (Å²) >= 11 is 0. The summed E-state index contributed by atoms with van der Waals surface area (Å²) < 4.78 is 4.85. The Hall–Kier alpha value is -11.5. The van der Waals surface area contributed by atoms with Gasteiger partial charge in [0.1, 0.15) is 0 Å². The van der Waals surface area contributed by atoms with E-state index in [0.717, 1.165) is 145 Å². The first-order chi connectivity index (χ1) is 42.6. The molecule has 402 valence electrons. The predicted molar refractivity (Wildman–Crippen MR) is 354 cm³/mol. The van der Waals surface area contributed by atoms with Gasteiger partial charge in [-0.25, -0.2) is 9.97 Å². The third-order valence-electron chi connectivity index (χ3n) is 16.4. The Labute approximate surface area is 501 Å². The zero-order chi connectivity index (χ0) is 57.2. The molecular formula is C82H56N4+2. The van der Waals surface area contributed by atoms with Crippen molar-refractivity contribution in [3.05, 3.63) is 340 Å². The summed E-state index contributed by atoms with van der Waals surface area (Å²) in [6.45, 7) is 0. The SMILES string of the molecule is c1ccc(-c2cc(-c3ccccc3)c3cc(-[n+]4c(-c5ccccc5)cc(-c5ccc(-c6cc(-c7ccccc7)[n+](-c7ccc8nc(-c9ccccc9)cc(-c9ccccc9)c8c7)c(-c7ccccc7)c6)cc5)cc4-c4ccccc4)ccc3n2)cc1. The van der Waals surface area contributed by atoms with Crippen LogP contribution in [0.15, 0.2) is 340 Å². The minimum absolute atomic E-state index is 0.940. The van der Waals surface area contributed by atoms with Crippen LogP contribution in [-0.4, -0.2) is 9.97 Å². The van der Waals surface area contributed by atoms with Crippen LogP contribution in [-0.2, 0) is 0 Å². The van der Waals surface area contributed by atoms with E-state index in [-0.39, 0.29) is 0 Å². The number of hydrogen-bond acceptors (Lipinski definition) is 2. The Morgan fingerprint density at radius 3 is 0.721 bits per heavy atom. The molecule has 0 radical (unpaired) electrons. The summed E-state index contributed by atoms with van der Waals surface area (Å²) in [7, 11) is 0. The number of fused-ring (bicyclic) bond motifs is 2. The lowest BCUT2D eigenvalue weighted by Gasteiger charge is -2.15. The van der Waals surface area contributed by atoms with Crippen molar-refractivity contribution in [3.63, 3.8) is 0 Å². The Kier molecular flexibility index (Phi) is 13.6. The molecule has 0 N–H and O–H groups in total. The zero-order valence-electron chi connectivity index (χ0n) is 47.1. The molecular weight excluding hydrogens is 1040 g/mol. The molecule has 0 bridgehead atoms. The highest BCUT2D eigenvalue weighted by molar-refractivity contribution is 5.99. The molecule has 0 aliphatic rings. The largest absolute Gasteiger partial charge is 0.248 e. The molecule has 0 saturated heterocycles. The summed E-state index contributed by atoms with van der Waals surface area (Å²) in [6.07, 6.45) is 0. The maximum Gasteiger partial charge on any atom is 0.219 e. The summed E-state index contributed by atoms with van der Waals surface area (Å²) in [4.78, 5) is 10.6. The third-order valence-corrected chi connectivity index (χ3v) is 16.4. The molecule has 0 saturated carbocycles. The summed E-state index contributed by atoms with van der Waals surface area (Å²) in [6, 6.07) is 122. The van der Waals surface area contributed by atoms with Crippen molar-refractivity contribution < 1.29 is 9.13 Å². The average molecular weight is 1100 g/mol. The van der Waals surface area contributed by atoms with E-state index >= 15 is 0 Å². The fourth-order valence-corrected chi connectivity index (χ4v) is 12.2. The normalized spacial score (nSPS) is 11.3. The first-order valence-electron chi connectivity index (χ1n) is 29.3. The summed E-state index contributed by atoms with van der Waals surface area (Å²) in [5, 5.41) is 2.17. The smallest absolute Gasteiger partial charge is 0.219 e. The second-order valence-electron chi connectivity index (χ2n) is 21.7. The van der Waals surface area contributed by atoms with Crippen molar-refractivity contribution in [2.45, 2.75) is 0 Å². The molecule has 15 rings (SSSR count). The molecule has 0 atom stereocenters. The van der Waals surface area contributed by atoms with Crippen LogP contribution in [0.3, 0.4) is 0 Å². The summed E-state index contributed by atoms with van der Waals surface area (Å²) in [5.41, 5.74) is 25.8. The van der Waals surface area contributed by atoms with E-state index in [4.69, 9.17) is 9.97 Å². The van der Waals surface area contributed by atoms with Crippen LogP contribution < -0.4 is 9.13 Å². The molecule has 0 fully saturated rings. The molecule has 0 unspecified atom stereocenters. The minimum Gasteiger partial charge on any atom is -0.248 e. The van der Waals surface area contributed by atoms with E-state index in [1.165, 1.54) is 0 Å². The fourth-order valence-electron chi connectivity index (χ4n) is 12.2. The number of rotatable bonds is 12. The molecule has 4 heterocycles. The highest BCUT2D eigenvalue weighted by atomic mass is 15.0. The van der Waals surface area contributed by atoms with E-state index in [1.54, 1.807) is 0 Å². The van der Waals surface area contributed by atoms with E-state index < -0.39 is 0 Å². The van der Waals surface area contributed by atoms with Gasteiger partial charge in [-0.2, -0.15) is 9.13 Å². The molecule has 0 aliphatic heterocycles. The molecule has 4 aromatic heterocycles. The number of hydrogen-bond donors (Lipinski definition) is 0. The van der Waals surface area contributed by atoms with Gasteiger partial charge in [-0.3, -0.25) is 0 Å². The van der Waals surface area contributed by atoms with Gasteiger partial charge in [-0.05, 0) is 117 Å². The highest BCUT2D eigenvalue weighted by Gasteiger charge is 2.29. The lowest BCUT2D eigenvalue weighted by molar-refractivity contribution is -0.572. The topological polar surface area (TPSA) is 33.5 Å². The molecule has 0 aliphatic carbocycles. The van der Waals surface area contributed by atoms with Crippen LogP contribution in [0.1, 0.15) is 0 Å². The Balaban J connectivity index is 0.887. The van der Waals surface area contributed by atoms with Gasteiger partial charge in [0.2, 0.25) is 34.2 Å². The highest BCUT2D eigenvalue weighted by Crippen LogP contribution is 2.39. The van der Waals surface area contributed by atoms with Gasteiger partial charge in [-0.1, -0.05) is 218 Å². The van der Waals surface area contributed by atoms with Gasteiger partial charge in [0, 0.05) is 92.7 Å². The van der Waals surface area contributed by atoms with E-state index in [1.807, 2.05) is 0 Å². The van der Waals surface area contributed by atoms with E-state index in [9.17, 15) is 0 Å². The van der Waals surface area contributed by atoms with Crippen molar-refractivity contribution >= 4 is 21.8 Å². The second kappa shape index (κ2) is 22.7. The maximum atomic E-state index is 5.29. The van der Waals surface area contributed by atoms with Gasteiger partial charge in [-0.15, -0.1) is 0 Å². The molecule has 4 heteroatoms. The minimum atomic E-state index is 0.940.